The second-order valence-electron chi connectivity index (χ2n) is 3.31. The molecule has 1 aliphatic heterocycles. The van der Waals surface area contributed by atoms with Crippen LogP contribution < -0.4 is 0 Å². The smallest absolute Gasteiger partial charge is 0.0128 e. The van der Waals surface area contributed by atoms with Crippen LogP contribution >= 0.6 is 0 Å². The number of likely N-dealkylation sites (tertiary alicyclic amines) is 1. The van der Waals surface area contributed by atoms with Crippen LogP contribution in [0.3, 0.4) is 0 Å². The molecule has 0 spiro atoms. The van der Waals surface area contributed by atoms with E-state index < -0.39 is 0 Å². The fourth-order valence-corrected chi connectivity index (χ4v) is 1.92. The first-order valence-electron chi connectivity index (χ1n) is 3.51. The minimum absolute atomic E-state index is 0.874. The third-order valence-electron chi connectivity index (χ3n) is 2.75. The molecule has 2 unspecified atom stereocenters. The Morgan fingerprint density at radius 2 is 2.12 bits per heavy atom. The van der Waals surface area contributed by atoms with Gasteiger partial charge in [-0.15, -0.1) is 0 Å². The van der Waals surface area contributed by atoms with Gasteiger partial charge in [0, 0.05) is 12.1 Å². The Morgan fingerprint density at radius 1 is 1.38 bits per heavy atom. The Bertz CT molecular complexity index is 109. The zero-order valence-electron chi connectivity index (χ0n) is 5.59. The van der Waals surface area contributed by atoms with Gasteiger partial charge in [-0.1, -0.05) is 0 Å². The summed E-state index contributed by atoms with van der Waals surface area (Å²) in [5.74, 6) is 1.09. The summed E-state index contributed by atoms with van der Waals surface area (Å²) in [4.78, 5) is 2.52. The van der Waals surface area contributed by atoms with Crippen LogP contribution in [0, 0.1) is 5.92 Å². The van der Waals surface area contributed by atoms with E-state index in [0.29, 0.717) is 0 Å². The molecule has 1 heterocycles. The number of piperidine rings is 1. The lowest BCUT2D eigenvalue weighted by Crippen LogP contribution is -2.25. The zero-order valence-corrected chi connectivity index (χ0v) is 5.59. The van der Waals surface area contributed by atoms with Gasteiger partial charge in [-0.3, -0.25) is 0 Å². The topological polar surface area (TPSA) is 3.24 Å². The Labute approximate surface area is 50.7 Å². The second kappa shape index (κ2) is 1.27. The largest absolute Gasteiger partial charge is 0.300 e. The summed E-state index contributed by atoms with van der Waals surface area (Å²) in [5.41, 5.74) is 0. The number of hydrogen-bond acceptors (Lipinski definition) is 1. The zero-order chi connectivity index (χ0) is 5.72. The normalized spacial score (nSPS) is 54.0. The summed E-state index contributed by atoms with van der Waals surface area (Å²) in [7, 11) is 2.25. The van der Waals surface area contributed by atoms with Crippen LogP contribution in [0.25, 0.3) is 0 Å². The predicted molar refractivity (Wildman–Crippen MR) is 33.7 cm³/mol. The van der Waals surface area contributed by atoms with E-state index in [0.717, 1.165) is 18.0 Å². The van der Waals surface area contributed by atoms with Crippen molar-refractivity contribution in [3.63, 3.8) is 0 Å². The van der Waals surface area contributed by atoms with Crippen LogP contribution in [0.15, 0.2) is 0 Å². The molecule has 1 nitrogen and oxygen atoms in total. The van der Waals surface area contributed by atoms with Crippen molar-refractivity contribution in [3.05, 3.63) is 0 Å². The highest BCUT2D eigenvalue weighted by molar-refractivity contribution is 5.02. The van der Waals surface area contributed by atoms with E-state index in [1.54, 1.807) is 0 Å². The number of nitrogens with zero attached hydrogens (tertiary/aromatic N) is 1. The van der Waals surface area contributed by atoms with Crippen molar-refractivity contribution >= 4 is 0 Å². The molecular formula is C7H13N. The van der Waals surface area contributed by atoms with E-state index >= 15 is 0 Å². The number of rotatable bonds is 0. The lowest BCUT2D eigenvalue weighted by atomic mass is 10.2. The summed E-state index contributed by atoms with van der Waals surface area (Å²) in [6.45, 7) is 2.33. The van der Waals surface area contributed by atoms with Crippen LogP contribution in [0.1, 0.15) is 19.8 Å². The van der Waals surface area contributed by atoms with E-state index in [1.165, 1.54) is 12.8 Å². The van der Waals surface area contributed by atoms with Crippen molar-refractivity contribution in [1.82, 2.24) is 4.90 Å². The summed E-state index contributed by atoms with van der Waals surface area (Å²) < 4.78 is 0. The molecule has 0 amide bonds. The quantitative estimate of drug-likeness (QED) is 0.452. The van der Waals surface area contributed by atoms with Gasteiger partial charge in [0.15, 0.2) is 0 Å². The van der Waals surface area contributed by atoms with Gasteiger partial charge in [0.25, 0.3) is 0 Å². The monoisotopic (exact) mass is 111 g/mol. The predicted octanol–water partition coefficient (Wildman–Crippen LogP) is 1.10. The number of fused-ring (bicyclic) bond motifs is 1. The van der Waals surface area contributed by atoms with Crippen molar-refractivity contribution in [2.45, 2.75) is 31.8 Å². The maximum absolute atomic E-state index is 2.52. The van der Waals surface area contributed by atoms with Gasteiger partial charge in [0.05, 0.1) is 0 Å². The van der Waals surface area contributed by atoms with E-state index in [9.17, 15) is 0 Å². The van der Waals surface area contributed by atoms with Gasteiger partial charge >= 0.3 is 0 Å². The molecule has 0 aromatic rings. The Balaban J connectivity index is 2.08. The van der Waals surface area contributed by atoms with Gasteiger partial charge in [0.2, 0.25) is 0 Å². The molecule has 1 saturated carbocycles. The molecule has 3 atom stereocenters. The van der Waals surface area contributed by atoms with E-state index in [-0.39, 0.29) is 0 Å². The van der Waals surface area contributed by atoms with Gasteiger partial charge in [0.1, 0.15) is 0 Å². The molecule has 0 aromatic carbocycles. The molecule has 1 aliphatic carbocycles. The molecule has 1 saturated heterocycles. The lowest BCUT2D eigenvalue weighted by molar-refractivity contribution is 0.286. The third kappa shape index (κ3) is 0.455. The summed E-state index contributed by atoms with van der Waals surface area (Å²) in [6, 6.07) is 1.86. The molecule has 0 bridgehead atoms. The molecule has 2 rings (SSSR count). The Kier molecular flexibility index (Phi) is 0.762. The van der Waals surface area contributed by atoms with E-state index in [2.05, 4.69) is 18.9 Å². The Hall–Kier alpha value is -0.0400. The summed E-state index contributed by atoms with van der Waals surface area (Å²) in [6.07, 6.45) is 2.95. The fourth-order valence-electron chi connectivity index (χ4n) is 1.92. The molecule has 0 radical (unpaired) electrons. The minimum atomic E-state index is 0.874. The SMILES string of the molecule is C[C@@H]1CC2CC2N1C. The fraction of sp³-hybridized carbons (Fsp3) is 1.00. The van der Waals surface area contributed by atoms with Crippen molar-refractivity contribution in [2.75, 3.05) is 7.05 Å². The van der Waals surface area contributed by atoms with Crippen molar-refractivity contribution < 1.29 is 0 Å². The third-order valence-corrected chi connectivity index (χ3v) is 2.75. The summed E-state index contributed by atoms with van der Waals surface area (Å²) in [5, 5.41) is 0. The maximum Gasteiger partial charge on any atom is 0.0128 e. The van der Waals surface area contributed by atoms with Crippen LogP contribution in [0.4, 0.5) is 0 Å². The molecule has 0 N–H and O–H groups in total. The van der Waals surface area contributed by atoms with Crippen LogP contribution in [-0.2, 0) is 0 Å². The maximum atomic E-state index is 2.52. The average Bonchev–Trinajstić information content (AvgIpc) is 2.39. The Morgan fingerprint density at radius 3 is 2.38 bits per heavy atom. The molecule has 2 fully saturated rings. The standard InChI is InChI=1S/C7H13N/c1-5-3-6-4-7(6)8(5)2/h5-7H,3-4H2,1-2H3/t5-,6?,7?/m1/s1. The lowest BCUT2D eigenvalue weighted by Gasteiger charge is -2.17. The van der Waals surface area contributed by atoms with Gasteiger partial charge in [-0.2, -0.15) is 0 Å². The van der Waals surface area contributed by atoms with Gasteiger partial charge < -0.3 is 4.90 Å². The second-order valence-corrected chi connectivity index (χ2v) is 3.31. The van der Waals surface area contributed by atoms with Crippen molar-refractivity contribution in [3.8, 4) is 0 Å². The van der Waals surface area contributed by atoms with Gasteiger partial charge in [-0.05, 0) is 32.7 Å². The molecular weight excluding hydrogens is 98.1 g/mol. The number of hydrogen-bond donors (Lipinski definition) is 0. The van der Waals surface area contributed by atoms with Crippen LogP contribution in [0.5, 0.6) is 0 Å². The van der Waals surface area contributed by atoms with Gasteiger partial charge in [-0.25, -0.2) is 0 Å². The molecule has 0 aromatic heterocycles. The van der Waals surface area contributed by atoms with E-state index in [4.69, 9.17) is 0 Å². The first-order chi connectivity index (χ1) is 3.79. The highest BCUT2D eigenvalue weighted by Gasteiger charge is 2.48. The van der Waals surface area contributed by atoms with Crippen LogP contribution in [0.2, 0.25) is 0 Å². The van der Waals surface area contributed by atoms with E-state index in [1.807, 2.05) is 0 Å². The first-order valence-corrected chi connectivity index (χ1v) is 3.51. The van der Waals surface area contributed by atoms with Crippen molar-refractivity contribution in [1.29, 1.82) is 0 Å². The molecule has 8 heavy (non-hydrogen) atoms. The minimum Gasteiger partial charge on any atom is -0.300 e. The highest BCUT2D eigenvalue weighted by Crippen LogP contribution is 2.46. The molecule has 2 aliphatic rings. The summed E-state index contributed by atoms with van der Waals surface area (Å²) >= 11 is 0. The molecule has 1 heteroatoms. The van der Waals surface area contributed by atoms with Crippen molar-refractivity contribution in [2.24, 2.45) is 5.92 Å². The highest BCUT2D eigenvalue weighted by atomic mass is 15.2. The first kappa shape index (κ1) is 4.80. The molecule has 46 valence electrons. The van der Waals surface area contributed by atoms with Crippen LogP contribution in [-0.4, -0.2) is 24.0 Å². The average molecular weight is 111 g/mol.